The summed E-state index contributed by atoms with van der Waals surface area (Å²) in [4.78, 5) is 43.1. The van der Waals surface area contributed by atoms with Crippen molar-refractivity contribution in [1.29, 1.82) is 0 Å². The molecule has 1 saturated heterocycles. The van der Waals surface area contributed by atoms with Crippen LogP contribution in [0.25, 0.3) is 11.0 Å². The molecule has 2 aromatic carbocycles. The molecule has 1 aliphatic heterocycles. The van der Waals surface area contributed by atoms with Crippen molar-refractivity contribution in [2.75, 3.05) is 11.9 Å². The number of benzene rings is 2. The molecule has 0 radical (unpaired) electrons. The smallest absolute Gasteiger partial charge is 0.323 e. The van der Waals surface area contributed by atoms with Crippen molar-refractivity contribution in [3.63, 3.8) is 0 Å². The van der Waals surface area contributed by atoms with Crippen LogP contribution in [0.5, 0.6) is 0 Å². The number of anilines is 1. The van der Waals surface area contributed by atoms with E-state index in [9.17, 15) is 14.4 Å². The lowest BCUT2D eigenvalue weighted by Gasteiger charge is -2.16. The summed E-state index contributed by atoms with van der Waals surface area (Å²) in [7, 11) is 0. The normalized spacial score (nSPS) is 17.0. The van der Waals surface area contributed by atoms with E-state index in [1.54, 1.807) is 23.1 Å². The predicted octanol–water partition coefficient (Wildman–Crippen LogP) is 1.84. The van der Waals surface area contributed by atoms with Gasteiger partial charge in [-0.3, -0.25) is 9.59 Å². The lowest BCUT2D eigenvalue weighted by Crippen LogP contribution is -2.28. The van der Waals surface area contributed by atoms with E-state index in [0.717, 1.165) is 5.56 Å². The van der Waals surface area contributed by atoms with E-state index in [1.165, 1.54) is 0 Å². The third kappa shape index (κ3) is 3.23. The van der Waals surface area contributed by atoms with Gasteiger partial charge in [-0.05, 0) is 23.8 Å². The second-order valence-corrected chi connectivity index (χ2v) is 6.49. The Hall–Kier alpha value is -3.35. The molecule has 3 N–H and O–H groups in total. The highest BCUT2D eigenvalue weighted by molar-refractivity contribution is 5.98. The molecule has 3 aromatic rings. The number of nitrogens with zero attached hydrogens (tertiary/aromatic N) is 1. The number of carbonyl (C=O) groups is 2. The third-order valence-electron chi connectivity index (χ3n) is 4.59. The van der Waals surface area contributed by atoms with Gasteiger partial charge in [0.05, 0.1) is 17.0 Å². The number of aromatic amines is 2. The minimum atomic E-state index is -0.382. The van der Waals surface area contributed by atoms with E-state index in [4.69, 9.17) is 0 Å². The van der Waals surface area contributed by atoms with Crippen molar-refractivity contribution in [1.82, 2.24) is 14.9 Å². The van der Waals surface area contributed by atoms with Gasteiger partial charge in [0.15, 0.2) is 0 Å². The number of fused-ring (bicyclic) bond motifs is 1. The van der Waals surface area contributed by atoms with Crippen LogP contribution in [-0.2, 0) is 16.1 Å². The maximum atomic E-state index is 12.5. The van der Waals surface area contributed by atoms with Crippen LogP contribution in [0.4, 0.5) is 5.69 Å². The molecule has 1 aliphatic rings. The highest BCUT2D eigenvalue weighted by atomic mass is 16.2. The number of likely N-dealkylation sites (tertiary alicyclic amines) is 1. The predicted molar refractivity (Wildman–Crippen MR) is 97.5 cm³/mol. The van der Waals surface area contributed by atoms with E-state index in [1.807, 2.05) is 30.3 Å². The van der Waals surface area contributed by atoms with Crippen molar-refractivity contribution in [3.05, 3.63) is 64.6 Å². The van der Waals surface area contributed by atoms with Crippen LogP contribution in [0, 0.1) is 5.92 Å². The molecule has 1 fully saturated rings. The van der Waals surface area contributed by atoms with E-state index < -0.39 is 0 Å². The molecule has 4 rings (SSSR count). The fourth-order valence-electron chi connectivity index (χ4n) is 3.26. The number of hydrogen-bond donors (Lipinski definition) is 3. The molecular weight excluding hydrogens is 332 g/mol. The Morgan fingerprint density at radius 3 is 2.65 bits per heavy atom. The zero-order valence-corrected chi connectivity index (χ0v) is 14.0. The Morgan fingerprint density at radius 2 is 1.85 bits per heavy atom. The Morgan fingerprint density at radius 1 is 1.08 bits per heavy atom. The summed E-state index contributed by atoms with van der Waals surface area (Å²) in [5.74, 6) is -0.585. The summed E-state index contributed by atoms with van der Waals surface area (Å²) < 4.78 is 0. The average Bonchev–Trinajstić information content (AvgIpc) is 3.17. The first-order valence-corrected chi connectivity index (χ1v) is 8.43. The van der Waals surface area contributed by atoms with Crippen molar-refractivity contribution in [2.24, 2.45) is 5.92 Å². The molecule has 7 heteroatoms. The minimum absolute atomic E-state index is 0.0144. The van der Waals surface area contributed by atoms with Crippen LogP contribution in [0.2, 0.25) is 0 Å². The Balaban J connectivity index is 1.43. The topological polar surface area (TPSA) is 98.1 Å². The first kappa shape index (κ1) is 16.1. The maximum absolute atomic E-state index is 12.5. The van der Waals surface area contributed by atoms with Gasteiger partial charge in [-0.2, -0.15) is 0 Å². The zero-order chi connectivity index (χ0) is 18.1. The lowest BCUT2D eigenvalue weighted by molar-refractivity contribution is -0.128. The highest BCUT2D eigenvalue weighted by Gasteiger charge is 2.34. The molecule has 1 atom stereocenters. The van der Waals surface area contributed by atoms with Crippen molar-refractivity contribution in [2.45, 2.75) is 13.0 Å². The van der Waals surface area contributed by atoms with Crippen molar-refractivity contribution in [3.8, 4) is 0 Å². The molecule has 2 heterocycles. The molecule has 0 spiro atoms. The number of carbonyl (C=O) groups excluding carboxylic acids is 2. The molecule has 0 aliphatic carbocycles. The first-order chi connectivity index (χ1) is 12.6. The molecule has 0 bridgehead atoms. The van der Waals surface area contributed by atoms with E-state index >= 15 is 0 Å². The molecule has 1 aromatic heterocycles. The molecule has 7 nitrogen and oxygen atoms in total. The first-order valence-electron chi connectivity index (χ1n) is 8.43. The fourth-order valence-corrected chi connectivity index (χ4v) is 3.26. The number of hydrogen-bond acceptors (Lipinski definition) is 3. The summed E-state index contributed by atoms with van der Waals surface area (Å²) in [6, 6.07) is 14.9. The van der Waals surface area contributed by atoms with Crippen molar-refractivity contribution >= 4 is 28.5 Å². The maximum Gasteiger partial charge on any atom is 0.323 e. The molecule has 26 heavy (non-hydrogen) atoms. The second-order valence-electron chi connectivity index (χ2n) is 6.49. The monoisotopic (exact) mass is 350 g/mol. The second kappa shape index (κ2) is 6.51. The van der Waals surface area contributed by atoms with E-state index in [-0.39, 0.29) is 29.8 Å². The average molecular weight is 350 g/mol. The number of rotatable bonds is 4. The van der Waals surface area contributed by atoms with Crippen LogP contribution in [0.3, 0.4) is 0 Å². The summed E-state index contributed by atoms with van der Waals surface area (Å²) in [5, 5.41) is 2.84. The molecule has 0 unspecified atom stereocenters. The van der Waals surface area contributed by atoms with Gasteiger partial charge in [-0.1, -0.05) is 30.3 Å². The molecular formula is C19H18N4O3. The summed E-state index contributed by atoms with van der Waals surface area (Å²) in [5.41, 5.74) is 2.65. The Bertz CT molecular complexity index is 1020. The van der Waals surface area contributed by atoms with Crippen LogP contribution in [0.15, 0.2) is 53.3 Å². The summed E-state index contributed by atoms with van der Waals surface area (Å²) in [6.45, 7) is 0.919. The van der Waals surface area contributed by atoms with Crippen LogP contribution in [-0.4, -0.2) is 33.2 Å². The number of aromatic nitrogens is 2. The largest absolute Gasteiger partial charge is 0.338 e. The van der Waals surface area contributed by atoms with Crippen LogP contribution in [0.1, 0.15) is 12.0 Å². The number of amides is 2. The van der Waals surface area contributed by atoms with Gasteiger partial charge >= 0.3 is 5.69 Å². The Kier molecular flexibility index (Phi) is 4.04. The minimum Gasteiger partial charge on any atom is -0.338 e. The molecule has 0 saturated carbocycles. The highest BCUT2D eigenvalue weighted by Crippen LogP contribution is 2.22. The molecule has 2 amide bonds. The number of H-pyrrole nitrogens is 2. The quantitative estimate of drug-likeness (QED) is 0.670. The van der Waals surface area contributed by atoms with Gasteiger partial charge in [-0.25, -0.2) is 4.79 Å². The van der Waals surface area contributed by atoms with Gasteiger partial charge in [-0.15, -0.1) is 0 Å². The van der Waals surface area contributed by atoms with Crippen LogP contribution >= 0.6 is 0 Å². The molecule has 132 valence electrons. The number of nitrogens with one attached hydrogen (secondary N) is 3. The van der Waals surface area contributed by atoms with Gasteiger partial charge in [0, 0.05) is 25.2 Å². The SMILES string of the molecule is O=C(Nc1ccc2[nH]c(=O)[nH]c2c1)[C@@H]1CC(=O)N(Cc2ccccc2)C1. The number of imidazole rings is 1. The standard InChI is InChI=1S/C19H18N4O3/c24-17-8-13(11-23(17)10-12-4-2-1-3-5-12)18(25)20-14-6-7-15-16(9-14)22-19(26)21-15/h1-7,9,13H,8,10-11H2,(H,20,25)(H2,21,22,26)/t13-/m1/s1. The zero-order valence-electron chi connectivity index (χ0n) is 14.0. The summed E-state index contributed by atoms with van der Waals surface area (Å²) in [6.07, 6.45) is 0.210. The van der Waals surface area contributed by atoms with Gasteiger partial charge in [0.1, 0.15) is 0 Å². The third-order valence-corrected chi connectivity index (χ3v) is 4.59. The lowest BCUT2D eigenvalue weighted by atomic mass is 10.1. The van der Waals surface area contributed by atoms with E-state index in [2.05, 4.69) is 15.3 Å². The van der Waals surface area contributed by atoms with Crippen LogP contribution < -0.4 is 11.0 Å². The van der Waals surface area contributed by atoms with Gasteiger partial charge < -0.3 is 20.2 Å². The van der Waals surface area contributed by atoms with Gasteiger partial charge in [0.25, 0.3) is 0 Å². The van der Waals surface area contributed by atoms with Crippen molar-refractivity contribution < 1.29 is 9.59 Å². The fraction of sp³-hybridized carbons (Fsp3) is 0.211. The summed E-state index contributed by atoms with van der Waals surface area (Å²) >= 11 is 0. The van der Waals surface area contributed by atoms with Gasteiger partial charge in [0.2, 0.25) is 11.8 Å². The van der Waals surface area contributed by atoms with E-state index in [0.29, 0.717) is 29.8 Å². The Labute approximate surface area is 149 Å².